The number of hydrogen-bond donors (Lipinski definition) is 0. The molecule has 11 aromatic carbocycles. The SMILES string of the molecule is C.C.C.C.CC.CC.CC.CC.CC.CC.CC.CC.CC(C)(c1ccc(OP(=O)(Oc2ccccc2)Oc2ccccc2)cc1)c1ccc(OP(=O)(Oc2ccccc2)Oc2ccccc2)cc1.COP(=O)(Oc1ccccc1)Oc1ccccc1.COP(=O)(Oc1ccccc1)Oc1ccccc1.c1ccccc1. The predicted molar refractivity (Wildman–Crippen MR) is 471 cm³/mol. The van der Waals surface area contributed by atoms with Crippen LogP contribution in [0.3, 0.4) is 0 Å². The van der Waals surface area contributed by atoms with Gasteiger partial charge in [-0.1, -0.05) is 361 Å². The molecule has 11 aromatic rings. The van der Waals surface area contributed by atoms with Gasteiger partial charge in [-0.25, -0.2) is 9.13 Å². The fourth-order valence-corrected chi connectivity index (χ4v) is 12.3. The average molecular weight is 1600 g/mol. The Kier molecular flexibility index (Phi) is 65.4. The molecule has 0 spiro atoms. The van der Waals surface area contributed by atoms with Gasteiger partial charge in [0, 0.05) is 19.6 Å². The van der Waals surface area contributed by atoms with E-state index in [0.717, 1.165) is 11.1 Å². The van der Waals surface area contributed by atoms with E-state index < -0.39 is 36.7 Å². The Morgan fingerprint density at radius 1 is 0.180 bits per heavy atom. The van der Waals surface area contributed by atoms with Gasteiger partial charge in [0.15, 0.2) is 0 Å². The molecule has 0 aliphatic carbocycles. The van der Waals surface area contributed by atoms with Crippen LogP contribution in [0.25, 0.3) is 0 Å². The average Bonchev–Trinajstić information content (AvgIpc) is 0.785. The van der Waals surface area contributed by atoms with E-state index in [4.69, 9.17) is 54.3 Å². The first kappa shape index (κ1) is 110. The van der Waals surface area contributed by atoms with Crippen LogP contribution in [0, 0.1) is 0 Å². The molecule has 0 aliphatic rings. The summed E-state index contributed by atoms with van der Waals surface area (Å²) in [5, 5.41) is 0. The highest BCUT2D eigenvalue weighted by atomic mass is 31.2. The monoisotopic (exact) mass is 1600 g/mol. The molecule has 0 atom stereocenters. The standard InChI is InChI=1S/C39H34O8P2.2C13H13O4P.C6H6.8C2H6.4CH4/c1-39(2,31-23-27-37(28-24-31)46-48(40,42-33-15-7-3-8-16-33)43-34-17-9-4-10-18-34)32-25-29-38(30-26-32)47-49(41,44-35-19-11-5-12-20-35)45-36-21-13-6-14-22-36;2*1-15-18(14,16-12-8-4-2-5-9-12)17-13-10-6-3-7-11-13;1-2-4-6-5-3-1;8*1-2;;;;/h3-30H,1-2H3;2*2-11H,1H3;1-6H;8*1-2H3;4*1H4. The molecule has 11 rings (SSSR count). The summed E-state index contributed by atoms with van der Waals surface area (Å²) in [7, 11) is -13.0. The predicted octanol–water partition coefficient (Wildman–Crippen LogP) is 31.5. The highest BCUT2D eigenvalue weighted by molar-refractivity contribution is 7.50. The number of phosphoric acid groups is 4. The van der Waals surface area contributed by atoms with Crippen LogP contribution in [-0.4, -0.2) is 14.2 Å². The number of hydrogen-bond acceptors (Lipinski definition) is 16. The molecule has 0 aliphatic heterocycles. The summed E-state index contributed by atoms with van der Waals surface area (Å²) in [6.45, 7) is 36.1. The van der Waals surface area contributed by atoms with Gasteiger partial charge in [-0.15, -0.1) is 0 Å². The molecule has 0 amide bonds. The third kappa shape index (κ3) is 44.0. The van der Waals surface area contributed by atoms with Gasteiger partial charge >= 0.3 is 31.3 Å². The summed E-state index contributed by atoms with van der Waals surface area (Å²) in [5.74, 6) is 3.73. The smallest absolute Gasteiger partial charge is 0.395 e. The van der Waals surface area contributed by atoms with Gasteiger partial charge in [-0.3, -0.25) is 9.05 Å². The topological polar surface area (TPSA) is 179 Å². The normalized spacial score (nSPS) is 9.55. The molecule has 0 bridgehead atoms. The van der Waals surface area contributed by atoms with E-state index in [1.165, 1.54) is 14.2 Å². The van der Waals surface area contributed by atoms with Crippen molar-refractivity contribution in [3.63, 3.8) is 0 Å². The first-order valence-corrected chi connectivity index (χ1v) is 42.0. The van der Waals surface area contributed by atoms with Crippen molar-refractivity contribution in [3.05, 3.63) is 339 Å². The first-order chi connectivity index (χ1) is 52.1. The Morgan fingerprint density at radius 3 is 0.414 bits per heavy atom. The van der Waals surface area contributed by atoms with Crippen LogP contribution in [-0.2, 0) is 32.7 Å². The molecule has 0 heterocycles. The molecule has 610 valence electrons. The second-order valence-electron chi connectivity index (χ2n) is 19.4. The van der Waals surface area contributed by atoms with Crippen LogP contribution >= 0.6 is 31.3 Å². The molecule has 0 N–H and O–H groups in total. The van der Waals surface area contributed by atoms with Crippen LogP contribution in [0.15, 0.2) is 328 Å². The Hall–Kier alpha value is -9.74. The third-order valence-corrected chi connectivity index (χ3v) is 17.6. The van der Waals surface area contributed by atoms with Gasteiger partial charge < -0.3 is 45.2 Å². The number of phosphoric ester groups is 4. The number of benzene rings is 11. The Morgan fingerprint density at radius 2 is 0.288 bits per heavy atom. The first-order valence-electron chi connectivity index (χ1n) is 36.2. The summed E-state index contributed by atoms with van der Waals surface area (Å²) in [5.41, 5.74) is 1.45. The lowest BCUT2D eigenvalue weighted by Gasteiger charge is -2.27. The van der Waals surface area contributed by atoms with Crippen molar-refractivity contribution < 1.29 is 72.5 Å². The Labute approximate surface area is 670 Å². The Balaban J connectivity index is -0.000000498. The molecular formula is C91H130O16P4. The lowest BCUT2D eigenvalue weighted by atomic mass is 9.78. The molecule has 0 radical (unpaired) electrons. The zero-order valence-electron chi connectivity index (χ0n) is 66.0. The van der Waals surface area contributed by atoms with Gasteiger partial charge in [0.05, 0.1) is 0 Å². The highest BCUT2D eigenvalue weighted by Crippen LogP contribution is 2.53. The van der Waals surface area contributed by atoms with E-state index in [1.54, 1.807) is 218 Å². The van der Waals surface area contributed by atoms with Crippen LogP contribution in [0.4, 0.5) is 0 Å². The highest BCUT2D eigenvalue weighted by Gasteiger charge is 2.36. The fourth-order valence-electron chi connectivity index (χ4n) is 7.86. The van der Waals surface area contributed by atoms with E-state index in [1.807, 2.05) is 220 Å². The van der Waals surface area contributed by atoms with Crippen LogP contribution in [0.5, 0.6) is 57.5 Å². The molecule has 0 saturated heterocycles. The van der Waals surface area contributed by atoms with Crippen molar-refractivity contribution in [2.45, 2.75) is 160 Å². The van der Waals surface area contributed by atoms with Gasteiger partial charge in [0.25, 0.3) is 0 Å². The van der Waals surface area contributed by atoms with Gasteiger partial charge in [0.2, 0.25) is 0 Å². The second kappa shape index (κ2) is 66.1. The van der Waals surface area contributed by atoms with Crippen LogP contribution in [0.2, 0.25) is 0 Å². The molecule has 0 unspecified atom stereocenters. The van der Waals surface area contributed by atoms with Crippen molar-refractivity contribution in [1.82, 2.24) is 0 Å². The van der Waals surface area contributed by atoms with Gasteiger partial charge in [-0.05, 0) is 132 Å². The van der Waals surface area contributed by atoms with E-state index in [2.05, 4.69) is 13.8 Å². The largest absolute Gasteiger partial charge is 0.647 e. The van der Waals surface area contributed by atoms with Crippen molar-refractivity contribution in [1.29, 1.82) is 0 Å². The maximum absolute atomic E-state index is 13.8. The summed E-state index contributed by atoms with van der Waals surface area (Å²) >= 11 is 0. The van der Waals surface area contributed by atoms with Crippen LogP contribution in [0.1, 0.15) is 165 Å². The van der Waals surface area contributed by atoms with Crippen molar-refractivity contribution >= 4 is 31.3 Å². The molecule has 0 aromatic heterocycles. The van der Waals surface area contributed by atoms with E-state index >= 15 is 0 Å². The molecule has 111 heavy (non-hydrogen) atoms. The minimum absolute atomic E-state index is 0. The molecule has 16 nitrogen and oxygen atoms in total. The maximum Gasteiger partial charge on any atom is 0.647 e. The van der Waals surface area contributed by atoms with Crippen molar-refractivity contribution in [3.8, 4) is 57.5 Å². The molecular weight excluding hydrogens is 1470 g/mol. The maximum atomic E-state index is 13.8. The van der Waals surface area contributed by atoms with E-state index in [9.17, 15) is 18.3 Å². The van der Waals surface area contributed by atoms with Crippen molar-refractivity contribution in [2.75, 3.05) is 14.2 Å². The van der Waals surface area contributed by atoms with E-state index in [0.29, 0.717) is 57.5 Å². The summed E-state index contributed by atoms with van der Waals surface area (Å²) < 4.78 is 118. The van der Waals surface area contributed by atoms with Crippen LogP contribution < -0.4 is 45.2 Å². The van der Waals surface area contributed by atoms with E-state index in [-0.39, 0.29) is 29.7 Å². The van der Waals surface area contributed by atoms with Crippen molar-refractivity contribution in [2.24, 2.45) is 0 Å². The van der Waals surface area contributed by atoms with Gasteiger partial charge in [-0.2, -0.15) is 9.13 Å². The fraction of sp³-hybridized carbons (Fsp3) is 0.275. The third-order valence-electron chi connectivity index (χ3n) is 12.4. The minimum atomic E-state index is -4.12. The quantitative estimate of drug-likeness (QED) is 0.0521. The minimum Gasteiger partial charge on any atom is -0.395 e. The summed E-state index contributed by atoms with van der Waals surface area (Å²) in [4.78, 5) is 0. The lowest BCUT2D eigenvalue weighted by Crippen LogP contribution is -2.18. The molecule has 0 fully saturated rings. The molecule has 0 saturated carbocycles. The lowest BCUT2D eigenvalue weighted by molar-refractivity contribution is 0.248. The second-order valence-corrected chi connectivity index (χ2v) is 25.5. The zero-order valence-corrected chi connectivity index (χ0v) is 69.6. The molecule has 20 heteroatoms. The number of para-hydroxylation sites is 8. The zero-order chi connectivity index (χ0) is 80.1. The summed E-state index contributed by atoms with van der Waals surface area (Å²) in [6.07, 6.45) is 0. The Bertz CT molecular complexity index is 3590. The summed E-state index contributed by atoms with van der Waals surface area (Å²) in [6, 6.07) is 96.4. The van der Waals surface area contributed by atoms with Gasteiger partial charge in [0.1, 0.15) is 57.5 Å². The number of rotatable bonds is 24.